The lowest BCUT2D eigenvalue weighted by molar-refractivity contribution is 0.0695. The maximum Gasteiger partial charge on any atom is 0.0681 e. The molecular formula is C15H23NO2. The van der Waals surface area contributed by atoms with Gasteiger partial charge >= 0.3 is 0 Å². The summed E-state index contributed by atoms with van der Waals surface area (Å²) in [5, 5.41) is 22.2. The molecule has 2 unspecified atom stereocenters. The van der Waals surface area contributed by atoms with Crippen molar-refractivity contribution in [1.29, 1.82) is 0 Å². The number of nitrogens with one attached hydrogen (secondary N) is 1. The lowest BCUT2D eigenvalue weighted by atomic mass is 9.86. The minimum Gasteiger partial charge on any atom is -0.393 e. The summed E-state index contributed by atoms with van der Waals surface area (Å²) in [6, 6.07) is 7.98. The third-order valence-electron chi connectivity index (χ3n) is 3.81. The average molecular weight is 249 g/mol. The van der Waals surface area contributed by atoms with Crippen molar-refractivity contribution in [3.63, 3.8) is 0 Å². The van der Waals surface area contributed by atoms with E-state index in [0.717, 1.165) is 31.5 Å². The van der Waals surface area contributed by atoms with Crippen molar-refractivity contribution in [2.24, 2.45) is 5.92 Å². The maximum absolute atomic E-state index is 9.87. The van der Waals surface area contributed by atoms with Crippen molar-refractivity contribution < 1.29 is 10.2 Å². The fourth-order valence-electron chi connectivity index (χ4n) is 2.59. The zero-order valence-electron chi connectivity index (χ0n) is 10.8. The quantitative estimate of drug-likeness (QED) is 0.746. The van der Waals surface area contributed by atoms with E-state index in [9.17, 15) is 5.11 Å². The van der Waals surface area contributed by atoms with Gasteiger partial charge in [-0.2, -0.15) is 0 Å². The Bertz CT molecular complexity index is 350. The molecule has 0 heterocycles. The normalized spacial score (nSPS) is 24.1. The number of aliphatic hydroxyl groups excluding tert-OH is 2. The second kappa shape index (κ2) is 6.88. The number of rotatable bonds is 5. The van der Waals surface area contributed by atoms with Crippen LogP contribution in [0.5, 0.6) is 0 Å². The van der Waals surface area contributed by atoms with E-state index in [2.05, 4.69) is 5.32 Å². The van der Waals surface area contributed by atoms with Crippen LogP contribution >= 0.6 is 0 Å². The van der Waals surface area contributed by atoms with Gasteiger partial charge in [-0.15, -0.1) is 0 Å². The first-order valence-electron chi connectivity index (χ1n) is 6.87. The molecule has 100 valence electrons. The lowest BCUT2D eigenvalue weighted by Crippen LogP contribution is -2.33. The smallest absolute Gasteiger partial charge is 0.0681 e. The molecule has 0 amide bonds. The van der Waals surface area contributed by atoms with E-state index < -0.39 is 0 Å². The van der Waals surface area contributed by atoms with Crippen LogP contribution in [0.4, 0.5) is 0 Å². The van der Waals surface area contributed by atoms with Gasteiger partial charge in [0.25, 0.3) is 0 Å². The highest BCUT2D eigenvalue weighted by Gasteiger charge is 2.22. The Morgan fingerprint density at radius 3 is 2.39 bits per heavy atom. The number of aliphatic hydroxyl groups is 2. The van der Waals surface area contributed by atoms with Crippen LogP contribution in [0.1, 0.15) is 36.8 Å². The molecular weight excluding hydrogens is 226 g/mol. The van der Waals surface area contributed by atoms with Gasteiger partial charge in [-0.1, -0.05) is 37.1 Å². The van der Waals surface area contributed by atoms with E-state index >= 15 is 0 Å². The molecule has 3 heteroatoms. The van der Waals surface area contributed by atoms with E-state index in [1.54, 1.807) is 0 Å². The molecule has 2 atom stereocenters. The Kier molecular flexibility index (Phi) is 5.17. The second-order valence-corrected chi connectivity index (χ2v) is 5.22. The van der Waals surface area contributed by atoms with Gasteiger partial charge in [0.15, 0.2) is 0 Å². The monoisotopic (exact) mass is 249 g/mol. The van der Waals surface area contributed by atoms with Crippen LogP contribution in [0.3, 0.4) is 0 Å². The summed E-state index contributed by atoms with van der Waals surface area (Å²) in [5.41, 5.74) is 2.17. The van der Waals surface area contributed by atoms with Crippen molar-refractivity contribution in [3.8, 4) is 0 Å². The first-order chi connectivity index (χ1) is 8.79. The highest BCUT2D eigenvalue weighted by molar-refractivity contribution is 5.21. The predicted molar refractivity (Wildman–Crippen MR) is 72.0 cm³/mol. The molecule has 1 aromatic carbocycles. The van der Waals surface area contributed by atoms with E-state index in [-0.39, 0.29) is 12.7 Å². The molecule has 1 aromatic rings. The molecule has 0 spiro atoms. The van der Waals surface area contributed by atoms with Gasteiger partial charge in [0.1, 0.15) is 0 Å². The van der Waals surface area contributed by atoms with Crippen molar-refractivity contribution >= 4 is 0 Å². The molecule has 1 aliphatic rings. The molecule has 0 saturated heterocycles. The highest BCUT2D eigenvalue weighted by atomic mass is 16.3. The molecule has 0 bridgehead atoms. The third kappa shape index (κ3) is 3.80. The van der Waals surface area contributed by atoms with Crippen molar-refractivity contribution in [3.05, 3.63) is 35.4 Å². The minimum absolute atomic E-state index is 0.0992. The van der Waals surface area contributed by atoms with E-state index in [1.807, 2.05) is 24.3 Å². The molecule has 1 fully saturated rings. The van der Waals surface area contributed by atoms with Gasteiger partial charge in [0.05, 0.1) is 12.7 Å². The summed E-state index contributed by atoms with van der Waals surface area (Å²) in [7, 11) is 0. The van der Waals surface area contributed by atoms with E-state index in [0.29, 0.717) is 5.92 Å². The topological polar surface area (TPSA) is 52.5 Å². The summed E-state index contributed by atoms with van der Waals surface area (Å²) in [6.45, 7) is 1.82. The third-order valence-corrected chi connectivity index (χ3v) is 3.81. The van der Waals surface area contributed by atoms with Crippen LogP contribution in [0.15, 0.2) is 24.3 Å². The zero-order valence-corrected chi connectivity index (χ0v) is 10.8. The fourth-order valence-corrected chi connectivity index (χ4v) is 2.59. The van der Waals surface area contributed by atoms with Crippen LogP contribution in [0.2, 0.25) is 0 Å². The van der Waals surface area contributed by atoms with Gasteiger partial charge in [0, 0.05) is 13.1 Å². The Balaban J connectivity index is 1.73. The first kappa shape index (κ1) is 13.5. The van der Waals surface area contributed by atoms with E-state index in [1.165, 1.54) is 18.4 Å². The minimum atomic E-state index is -0.122. The largest absolute Gasteiger partial charge is 0.393 e. The molecule has 1 aliphatic carbocycles. The van der Waals surface area contributed by atoms with Gasteiger partial charge in [0.2, 0.25) is 0 Å². The summed E-state index contributed by atoms with van der Waals surface area (Å²) >= 11 is 0. The van der Waals surface area contributed by atoms with Gasteiger partial charge in [-0.25, -0.2) is 0 Å². The van der Waals surface area contributed by atoms with Gasteiger partial charge in [-0.05, 0) is 29.9 Å². The lowest BCUT2D eigenvalue weighted by Gasteiger charge is -2.27. The summed E-state index contributed by atoms with van der Waals surface area (Å²) in [5.74, 6) is 0.412. The SMILES string of the molecule is OCc1ccc(CNCC2CCCCC2O)cc1. The Morgan fingerprint density at radius 2 is 1.72 bits per heavy atom. The van der Waals surface area contributed by atoms with Gasteiger partial charge < -0.3 is 15.5 Å². The second-order valence-electron chi connectivity index (χ2n) is 5.22. The molecule has 0 aliphatic heterocycles. The molecule has 2 rings (SSSR count). The highest BCUT2D eigenvalue weighted by Crippen LogP contribution is 2.23. The Labute approximate surface area is 109 Å². The maximum atomic E-state index is 9.87. The van der Waals surface area contributed by atoms with Crippen LogP contribution < -0.4 is 5.32 Å². The molecule has 0 aromatic heterocycles. The van der Waals surface area contributed by atoms with E-state index in [4.69, 9.17) is 5.11 Å². The Hall–Kier alpha value is -0.900. The molecule has 3 nitrogen and oxygen atoms in total. The van der Waals surface area contributed by atoms with Crippen molar-refractivity contribution in [2.75, 3.05) is 6.54 Å². The van der Waals surface area contributed by atoms with Gasteiger partial charge in [-0.3, -0.25) is 0 Å². The molecule has 18 heavy (non-hydrogen) atoms. The van der Waals surface area contributed by atoms with Crippen molar-refractivity contribution in [1.82, 2.24) is 5.32 Å². The summed E-state index contributed by atoms with van der Waals surface area (Å²) in [4.78, 5) is 0. The van der Waals surface area contributed by atoms with Crippen LogP contribution in [0, 0.1) is 5.92 Å². The fraction of sp³-hybridized carbons (Fsp3) is 0.600. The zero-order chi connectivity index (χ0) is 12.8. The van der Waals surface area contributed by atoms with Crippen LogP contribution in [-0.4, -0.2) is 22.9 Å². The first-order valence-corrected chi connectivity index (χ1v) is 6.87. The Morgan fingerprint density at radius 1 is 1.06 bits per heavy atom. The van der Waals surface area contributed by atoms with Crippen molar-refractivity contribution in [2.45, 2.75) is 44.9 Å². The predicted octanol–water partition coefficient (Wildman–Crippen LogP) is 1.82. The van der Waals surface area contributed by atoms with Crippen LogP contribution in [-0.2, 0) is 13.2 Å². The summed E-state index contributed by atoms with van der Waals surface area (Å²) < 4.78 is 0. The molecule has 3 N–H and O–H groups in total. The molecule has 1 saturated carbocycles. The summed E-state index contributed by atoms with van der Waals surface area (Å²) in [6.07, 6.45) is 4.38. The average Bonchev–Trinajstić information content (AvgIpc) is 2.42. The number of benzene rings is 1. The number of hydrogen-bond donors (Lipinski definition) is 3. The number of hydrogen-bond acceptors (Lipinski definition) is 3. The molecule has 0 radical (unpaired) electrons. The standard InChI is InChI=1S/C15H23NO2/c17-11-13-7-5-12(6-8-13)9-16-10-14-3-1-2-4-15(14)18/h5-8,14-18H,1-4,9-11H2. The van der Waals surface area contributed by atoms with Crippen LogP contribution in [0.25, 0.3) is 0 Å².